The molecule has 0 bridgehead atoms. The van der Waals surface area contributed by atoms with Crippen molar-refractivity contribution in [2.45, 2.75) is 39.1 Å². The molecule has 1 rings (SSSR count). The molecule has 1 saturated heterocycles. The topological polar surface area (TPSA) is 105 Å². The van der Waals surface area contributed by atoms with E-state index in [-0.39, 0.29) is 13.2 Å². The van der Waals surface area contributed by atoms with Gasteiger partial charge in [-0.3, -0.25) is 14.4 Å². The second-order valence-electron chi connectivity index (χ2n) is 4.62. The van der Waals surface area contributed by atoms with Gasteiger partial charge in [0.15, 0.2) is 12.2 Å². The Balaban J connectivity index is 2.92. The maximum Gasteiger partial charge on any atom is 0.303 e. The maximum atomic E-state index is 11.2. The molecule has 8 heteroatoms. The molecule has 1 heterocycles. The highest BCUT2D eigenvalue weighted by atomic mass is 16.6. The Hall–Kier alpha value is -1.96. The predicted octanol–water partition coefficient (Wildman–Crippen LogP) is -0.373. The molecular formula is C13H18O8. The van der Waals surface area contributed by atoms with Crippen molar-refractivity contribution in [3.05, 3.63) is 0 Å². The zero-order valence-electron chi connectivity index (χ0n) is 12.1. The van der Waals surface area contributed by atoms with Crippen molar-refractivity contribution in [2.75, 3.05) is 13.2 Å². The highest BCUT2D eigenvalue weighted by molar-refractivity contribution is 5.68. The minimum Gasteiger partial charge on any atom is -0.463 e. The van der Waals surface area contributed by atoms with Gasteiger partial charge in [0.05, 0.1) is 12.5 Å². The SMILES string of the molecule is CC(=O)OC[C@H]1OC[C@H](C=O)[C@@H](OC(C)=O)[C@@H]1OC(C)=O. The van der Waals surface area contributed by atoms with Gasteiger partial charge < -0.3 is 23.7 Å². The van der Waals surface area contributed by atoms with Gasteiger partial charge in [-0.05, 0) is 0 Å². The summed E-state index contributed by atoms with van der Waals surface area (Å²) in [5.41, 5.74) is 0. The number of rotatable bonds is 5. The summed E-state index contributed by atoms with van der Waals surface area (Å²) in [5.74, 6) is -2.52. The molecule has 0 amide bonds. The first-order valence-electron chi connectivity index (χ1n) is 6.39. The molecular weight excluding hydrogens is 284 g/mol. The van der Waals surface area contributed by atoms with Crippen LogP contribution in [0.2, 0.25) is 0 Å². The highest BCUT2D eigenvalue weighted by Gasteiger charge is 2.45. The van der Waals surface area contributed by atoms with Crippen LogP contribution in [0.25, 0.3) is 0 Å². The molecule has 0 aromatic heterocycles. The second-order valence-corrected chi connectivity index (χ2v) is 4.62. The summed E-state index contributed by atoms with van der Waals surface area (Å²) in [6.45, 7) is 3.39. The van der Waals surface area contributed by atoms with Crippen molar-refractivity contribution >= 4 is 24.2 Å². The number of hydrogen-bond donors (Lipinski definition) is 0. The fraction of sp³-hybridized carbons (Fsp3) is 0.692. The summed E-state index contributed by atoms with van der Waals surface area (Å²) in [6.07, 6.45) is -2.22. The monoisotopic (exact) mass is 302 g/mol. The third kappa shape index (κ3) is 5.14. The van der Waals surface area contributed by atoms with E-state index in [0.29, 0.717) is 6.29 Å². The van der Waals surface area contributed by atoms with E-state index in [4.69, 9.17) is 18.9 Å². The zero-order valence-corrected chi connectivity index (χ0v) is 12.1. The molecule has 0 aromatic rings. The third-order valence-corrected chi connectivity index (χ3v) is 2.84. The van der Waals surface area contributed by atoms with E-state index in [1.54, 1.807) is 0 Å². The molecule has 1 aliphatic rings. The van der Waals surface area contributed by atoms with Crippen LogP contribution < -0.4 is 0 Å². The van der Waals surface area contributed by atoms with Crippen LogP contribution in [0.4, 0.5) is 0 Å². The lowest BCUT2D eigenvalue weighted by atomic mass is 9.93. The van der Waals surface area contributed by atoms with Crippen LogP contribution in [-0.2, 0) is 38.1 Å². The van der Waals surface area contributed by atoms with Crippen LogP contribution in [-0.4, -0.2) is 55.7 Å². The molecule has 0 unspecified atom stereocenters. The molecule has 0 radical (unpaired) electrons. The van der Waals surface area contributed by atoms with Crippen LogP contribution in [0.3, 0.4) is 0 Å². The summed E-state index contributed by atoms with van der Waals surface area (Å²) in [6, 6.07) is 0. The first-order chi connectivity index (χ1) is 9.85. The van der Waals surface area contributed by atoms with Crippen molar-refractivity contribution in [2.24, 2.45) is 5.92 Å². The van der Waals surface area contributed by atoms with E-state index in [9.17, 15) is 19.2 Å². The van der Waals surface area contributed by atoms with Crippen LogP contribution in [0.5, 0.6) is 0 Å². The summed E-state index contributed by atoms with van der Waals surface area (Å²) in [4.78, 5) is 44.3. The van der Waals surface area contributed by atoms with Gasteiger partial charge in [0.1, 0.15) is 19.0 Å². The Morgan fingerprint density at radius 1 is 1.05 bits per heavy atom. The van der Waals surface area contributed by atoms with Gasteiger partial charge in [-0.1, -0.05) is 0 Å². The molecule has 0 aromatic carbocycles. The summed E-state index contributed by atoms with van der Waals surface area (Å²) in [5, 5.41) is 0. The largest absolute Gasteiger partial charge is 0.463 e. The van der Waals surface area contributed by atoms with E-state index < -0.39 is 42.1 Å². The Kier molecular flexibility index (Phi) is 6.29. The van der Waals surface area contributed by atoms with Gasteiger partial charge >= 0.3 is 17.9 Å². The van der Waals surface area contributed by atoms with Crippen LogP contribution in [0.15, 0.2) is 0 Å². The number of ether oxygens (including phenoxy) is 4. The highest BCUT2D eigenvalue weighted by Crippen LogP contribution is 2.25. The van der Waals surface area contributed by atoms with E-state index in [1.807, 2.05) is 0 Å². The average molecular weight is 302 g/mol. The molecule has 8 nitrogen and oxygen atoms in total. The summed E-state index contributed by atoms with van der Waals surface area (Å²) >= 11 is 0. The number of carbonyl (C=O) groups excluding carboxylic acids is 4. The molecule has 0 spiro atoms. The quantitative estimate of drug-likeness (QED) is 0.385. The van der Waals surface area contributed by atoms with Crippen molar-refractivity contribution < 1.29 is 38.1 Å². The number of hydrogen-bond acceptors (Lipinski definition) is 8. The zero-order chi connectivity index (χ0) is 16.0. The summed E-state index contributed by atoms with van der Waals surface area (Å²) in [7, 11) is 0. The molecule has 0 N–H and O–H groups in total. The normalized spacial score (nSPS) is 28.3. The Labute approximate surface area is 121 Å². The van der Waals surface area contributed by atoms with Crippen LogP contribution in [0.1, 0.15) is 20.8 Å². The van der Waals surface area contributed by atoms with Gasteiger partial charge in [-0.15, -0.1) is 0 Å². The summed E-state index contributed by atoms with van der Waals surface area (Å²) < 4.78 is 20.4. The lowest BCUT2D eigenvalue weighted by Crippen LogP contribution is -2.55. The first kappa shape index (κ1) is 17.1. The molecule has 4 atom stereocenters. The van der Waals surface area contributed by atoms with Gasteiger partial charge in [-0.2, -0.15) is 0 Å². The minimum absolute atomic E-state index is 0.0227. The van der Waals surface area contributed by atoms with E-state index in [0.717, 1.165) is 0 Å². The molecule has 1 fully saturated rings. The van der Waals surface area contributed by atoms with Crippen LogP contribution in [0, 0.1) is 5.92 Å². The Bertz CT molecular complexity index is 418. The Morgan fingerprint density at radius 2 is 1.62 bits per heavy atom. The smallest absolute Gasteiger partial charge is 0.303 e. The predicted molar refractivity (Wildman–Crippen MR) is 67.0 cm³/mol. The van der Waals surface area contributed by atoms with Gasteiger partial charge in [0, 0.05) is 20.8 Å². The molecule has 0 saturated carbocycles. The van der Waals surface area contributed by atoms with Crippen molar-refractivity contribution in [1.82, 2.24) is 0 Å². The van der Waals surface area contributed by atoms with E-state index >= 15 is 0 Å². The van der Waals surface area contributed by atoms with E-state index in [1.165, 1.54) is 20.8 Å². The molecule has 118 valence electrons. The molecule has 0 aliphatic carbocycles. The van der Waals surface area contributed by atoms with Crippen molar-refractivity contribution in [3.8, 4) is 0 Å². The Morgan fingerprint density at radius 3 is 2.10 bits per heavy atom. The number of aldehydes is 1. The maximum absolute atomic E-state index is 11.2. The fourth-order valence-corrected chi connectivity index (χ4v) is 2.02. The molecule has 21 heavy (non-hydrogen) atoms. The third-order valence-electron chi connectivity index (χ3n) is 2.84. The lowest BCUT2D eigenvalue weighted by Gasteiger charge is -2.39. The molecule has 1 aliphatic heterocycles. The standard InChI is InChI=1S/C13H18O8/c1-7(15)18-6-11-13(21-9(3)17)12(20-8(2)16)10(4-14)5-19-11/h4,10-13H,5-6H2,1-3H3/t10-,11+,12+,13+/m0/s1. The van der Waals surface area contributed by atoms with Gasteiger partial charge in [-0.25, -0.2) is 0 Å². The number of carbonyl (C=O) groups is 4. The lowest BCUT2D eigenvalue weighted by molar-refractivity contribution is -0.211. The van der Waals surface area contributed by atoms with Gasteiger partial charge in [0.2, 0.25) is 0 Å². The van der Waals surface area contributed by atoms with Gasteiger partial charge in [0.25, 0.3) is 0 Å². The number of esters is 3. The van der Waals surface area contributed by atoms with Crippen molar-refractivity contribution in [3.63, 3.8) is 0 Å². The van der Waals surface area contributed by atoms with Crippen LogP contribution >= 0.6 is 0 Å². The first-order valence-corrected chi connectivity index (χ1v) is 6.39. The fourth-order valence-electron chi connectivity index (χ4n) is 2.02. The minimum atomic E-state index is -1.02. The van der Waals surface area contributed by atoms with E-state index in [2.05, 4.69) is 0 Å². The average Bonchev–Trinajstić information content (AvgIpc) is 2.37. The second kappa shape index (κ2) is 7.72. The van der Waals surface area contributed by atoms with Crippen molar-refractivity contribution in [1.29, 1.82) is 0 Å².